The molecule has 11 heteroatoms. The molecule has 2 aliphatic heterocycles. The average molecular weight is 518 g/mol. The largest absolute Gasteiger partial charge is 0.503 e. The fourth-order valence-corrected chi connectivity index (χ4v) is 5.19. The summed E-state index contributed by atoms with van der Waals surface area (Å²) in [6.45, 7) is -0.0486. The molecule has 172 valence electrons. The van der Waals surface area contributed by atoms with Gasteiger partial charge in [-0.25, -0.2) is 4.79 Å². The van der Waals surface area contributed by atoms with Gasteiger partial charge in [0.15, 0.2) is 17.3 Å². The van der Waals surface area contributed by atoms with E-state index in [1.165, 1.54) is 42.5 Å². The van der Waals surface area contributed by atoms with Gasteiger partial charge in [0.05, 0.1) is 31.4 Å². The van der Waals surface area contributed by atoms with Gasteiger partial charge in [0.2, 0.25) is 12.6 Å². The predicted molar refractivity (Wildman–Crippen MR) is 125 cm³/mol. The first-order chi connectivity index (χ1) is 16.3. The zero-order valence-electron chi connectivity index (χ0n) is 17.0. The molecule has 0 fully saturated rings. The maximum Gasteiger partial charge on any atom is 0.335 e. The Morgan fingerprint density at radius 2 is 1.88 bits per heavy atom. The Labute approximate surface area is 206 Å². The van der Waals surface area contributed by atoms with Crippen LogP contribution in [0.25, 0.3) is 0 Å². The molecule has 5 rings (SSSR count). The maximum atomic E-state index is 13.4. The standard InChI is InChI=1S/C23H13Cl2NO7S/c24-13-7-11(8-14-21(13)33-9-32-14)18-17(19(27)15-4-5-16(25)34-15)20(28)22(29)26(18)12-3-1-2-10(6-12)23(30)31/h1-8,18,28H,9H2,(H,30,31)/t18-/m0/s1. The normalized spacial score (nSPS) is 16.9. The van der Waals surface area contributed by atoms with Gasteiger partial charge in [0.1, 0.15) is 0 Å². The minimum atomic E-state index is -1.20. The number of carboxylic acid groups (broad SMARTS) is 1. The molecule has 0 spiro atoms. The second-order valence-electron chi connectivity index (χ2n) is 7.36. The molecule has 3 aromatic rings. The number of aliphatic hydroxyl groups is 1. The molecule has 0 saturated carbocycles. The molecule has 1 amide bonds. The summed E-state index contributed by atoms with van der Waals surface area (Å²) in [4.78, 5) is 39.6. The second kappa shape index (κ2) is 8.35. The van der Waals surface area contributed by atoms with E-state index in [1.54, 1.807) is 6.07 Å². The summed E-state index contributed by atoms with van der Waals surface area (Å²) in [6, 6.07) is 10.6. The summed E-state index contributed by atoms with van der Waals surface area (Å²) in [5.41, 5.74) is 0.261. The maximum absolute atomic E-state index is 13.4. The highest BCUT2D eigenvalue weighted by molar-refractivity contribution is 7.18. The van der Waals surface area contributed by atoms with Crippen molar-refractivity contribution in [2.75, 3.05) is 11.7 Å². The second-order valence-corrected chi connectivity index (χ2v) is 9.49. The van der Waals surface area contributed by atoms with E-state index in [4.69, 9.17) is 32.7 Å². The minimum absolute atomic E-state index is 0.0486. The number of rotatable bonds is 5. The fraction of sp³-hybridized carbons (Fsp3) is 0.0870. The highest BCUT2D eigenvalue weighted by atomic mass is 35.5. The van der Waals surface area contributed by atoms with Crippen LogP contribution in [0, 0.1) is 0 Å². The zero-order chi connectivity index (χ0) is 24.1. The Morgan fingerprint density at radius 1 is 1.09 bits per heavy atom. The highest BCUT2D eigenvalue weighted by Crippen LogP contribution is 2.47. The van der Waals surface area contributed by atoms with Gasteiger partial charge in [-0.05, 0) is 48.0 Å². The third-order valence-electron chi connectivity index (χ3n) is 5.39. The molecule has 0 saturated heterocycles. The number of ether oxygens (including phenoxy) is 2. The molecule has 34 heavy (non-hydrogen) atoms. The van der Waals surface area contributed by atoms with E-state index in [0.29, 0.717) is 21.4 Å². The number of anilines is 1. The Hall–Kier alpha value is -3.53. The van der Waals surface area contributed by atoms with Crippen molar-refractivity contribution in [2.45, 2.75) is 6.04 Å². The number of carboxylic acids is 1. The number of Topliss-reactive ketones (excluding diaryl/α,β-unsaturated/α-hetero) is 1. The van der Waals surface area contributed by atoms with Gasteiger partial charge in [0, 0.05) is 5.69 Å². The van der Waals surface area contributed by atoms with Crippen LogP contribution in [-0.2, 0) is 4.79 Å². The van der Waals surface area contributed by atoms with Crippen LogP contribution in [0.4, 0.5) is 5.69 Å². The molecule has 0 unspecified atom stereocenters. The molecule has 0 aliphatic carbocycles. The van der Waals surface area contributed by atoms with Crippen molar-refractivity contribution >= 4 is 57.9 Å². The third kappa shape index (κ3) is 3.58. The van der Waals surface area contributed by atoms with Crippen LogP contribution >= 0.6 is 34.5 Å². The minimum Gasteiger partial charge on any atom is -0.503 e. The number of benzene rings is 2. The molecule has 2 N–H and O–H groups in total. The number of hydrogen-bond donors (Lipinski definition) is 2. The summed E-state index contributed by atoms with van der Waals surface area (Å²) in [5, 5.41) is 20.4. The van der Waals surface area contributed by atoms with Gasteiger partial charge in [-0.1, -0.05) is 29.3 Å². The van der Waals surface area contributed by atoms with Crippen LogP contribution < -0.4 is 14.4 Å². The number of thiophene rings is 1. The van der Waals surface area contributed by atoms with Crippen LogP contribution in [0.3, 0.4) is 0 Å². The Balaban J connectivity index is 1.70. The van der Waals surface area contributed by atoms with Gasteiger partial charge >= 0.3 is 5.97 Å². The van der Waals surface area contributed by atoms with Crippen molar-refractivity contribution < 1.29 is 34.1 Å². The summed E-state index contributed by atoms with van der Waals surface area (Å²) >= 11 is 13.4. The number of aliphatic hydroxyl groups excluding tert-OH is 1. The third-order valence-corrected chi connectivity index (χ3v) is 6.90. The predicted octanol–water partition coefficient (Wildman–Crippen LogP) is 5.26. The van der Waals surface area contributed by atoms with Gasteiger partial charge in [0.25, 0.3) is 5.91 Å². The molecule has 0 radical (unpaired) electrons. The SMILES string of the molecule is O=C(O)c1cccc(N2C(=O)C(O)=C(C(=O)c3ccc(Cl)s3)[C@@H]2c2cc(Cl)c3c(c2)OCO3)c1. The monoisotopic (exact) mass is 517 g/mol. The highest BCUT2D eigenvalue weighted by Gasteiger charge is 2.45. The smallest absolute Gasteiger partial charge is 0.335 e. The molecule has 0 bridgehead atoms. The molecule has 1 aromatic heterocycles. The fourth-order valence-electron chi connectivity index (χ4n) is 3.92. The summed E-state index contributed by atoms with van der Waals surface area (Å²) < 4.78 is 11.2. The Morgan fingerprint density at radius 3 is 2.59 bits per heavy atom. The first kappa shape index (κ1) is 22.3. The molecule has 2 aromatic carbocycles. The van der Waals surface area contributed by atoms with E-state index >= 15 is 0 Å². The van der Waals surface area contributed by atoms with E-state index in [0.717, 1.165) is 16.2 Å². The molecule has 8 nitrogen and oxygen atoms in total. The van der Waals surface area contributed by atoms with E-state index in [1.807, 2.05) is 0 Å². The van der Waals surface area contributed by atoms with Crippen molar-refractivity contribution in [3.63, 3.8) is 0 Å². The first-order valence-corrected chi connectivity index (χ1v) is 11.3. The van der Waals surface area contributed by atoms with E-state index in [2.05, 4.69) is 0 Å². The van der Waals surface area contributed by atoms with Gasteiger partial charge in [-0.2, -0.15) is 0 Å². The molecular formula is C23H13Cl2NO7S. The molecule has 3 heterocycles. The van der Waals surface area contributed by atoms with Gasteiger partial charge in [-0.3, -0.25) is 14.5 Å². The number of ketones is 1. The summed E-state index contributed by atoms with van der Waals surface area (Å²) in [6.07, 6.45) is 0. The molecule has 1 atom stereocenters. The first-order valence-electron chi connectivity index (χ1n) is 9.75. The van der Waals surface area contributed by atoms with E-state index in [-0.39, 0.29) is 33.5 Å². The molecule has 2 aliphatic rings. The van der Waals surface area contributed by atoms with E-state index < -0.39 is 29.5 Å². The average Bonchev–Trinajstić information content (AvgIpc) is 3.52. The zero-order valence-corrected chi connectivity index (χ0v) is 19.3. The van der Waals surface area contributed by atoms with Crippen LogP contribution in [0.15, 0.2) is 59.9 Å². The van der Waals surface area contributed by atoms with Crippen LogP contribution in [-0.4, -0.2) is 34.7 Å². The number of aromatic carboxylic acids is 1. The van der Waals surface area contributed by atoms with Crippen molar-refractivity contribution in [3.05, 3.63) is 85.2 Å². The number of carbonyl (C=O) groups is 3. The topological polar surface area (TPSA) is 113 Å². The Kier molecular flexibility index (Phi) is 5.47. The van der Waals surface area contributed by atoms with Gasteiger partial charge in [-0.15, -0.1) is 11.3 Å². The number of carbonyl (C=O) groups excluding carboxylic acids is 2. The van der Waals surface area contributed by atoms with Crippen LogP contribution in [0.1, 0.15) is 31.6 Å². The number of fused-ring (bicyclic) bond motifs is 1. The lowest BCUT2D eigenvalue weighted by Crippen LogP contribution is -2.31. The summed E-state index contributed by atoms with van der Waals surface area (Å²) in [5.74, 6) is -2.79. The van der Waals surface area contributed by atoms with E-state index in [9.17, 15) is 24.6 Å². The van der Waals surface area contributed by atoms with Gasteiger partial charge < -0.3 is 19.7 Å². The lowest BCUT2D eigenvalue weighted by atomic mass is 9.94. The van der Waals surface area contributed by atoms with Crippen molar-refractivity contribution in [2.24, 2.45) is 0 Å². The number of amides is 1. The summed E-state index contributed by atoms with van der Waals surface area (Å²) in [7, 11) is 0. The number of hydrogen-bond acceptors (Lipinski definition) is 7. The van der Waals surface area contributed by atoms with Crippen molar-refractivity contribution in [1.82, 2.24) is 0 Å². The number of nitrogens with zero attached hydrogens (tertiary/aromatic N) is 1. The number of halogens is 2. The lowest BCUT2D eigenvalue weighted by Gasteiger charge is -2.27. The Bertz CT molecular complexity index is 1410. The quantitative estimate of drug-likeness (QED) is 0.443. The lowest BCUT2D eigenvalue weighted by molar-refractivity contribution is -0.117. The van der Waals surface area contributed by atoms with Crippen LogP contribution in [0.5, 0.6) is 11.5 Å². The van der Waals surface area contributed by atoms with Crippen LogP contribution in [0.2, 0.25) is 9.36 Å². The van der Waals surface area contributed by atoms with Crippen molar-refractivity contribution in [3.8, 4) is 11.5 Å². The van der Waals surface area contributed by atoms with Crippen molar-refractivity contribution in [1.29, 1.82) is 0 Å². The molecular weight excluding hydrogens is 505 g/mol.